The van der Waals surface area contributed by atoms with Crippen molar-refractivity contribution in [3.8, 4) is 0 Å². The van der Waals surface area contributed by atoms with Crippen molar-refractivity contribution in [1.29, 1.82) is 0 Å². The van der Waals surface area contributed by atoms with Crippen LogP contribution < -0.4 is 31.8 Å². The van der Waals surface area contributed by atoms with E-state index in [0.717, 1.165) is 0 Å². The summed E-state index contributed by atoms with van der Waals surface area (Å²) in [6, 6.07) is 67.7. The van der Waals surface area contributed by atoms with E-state index in [-0.39, 0.29) is 0 Å². The molecule has 0 amide bonds. The third-order valence-electron chi connectivity index (χ3n) is 7.20. The van der Waals surface area contributed by atoms with Crippen molar-refractivity contribution >= 4 is 68.3 Å². The van der Waals surface area contributed by atoms with Crippen LogP contribution >= 0.6 is 21.4 Å². The first-order valence-electron chi connectivity index (χ1n) is 13.8. The first-order valence-corrected chi connectivity index (χ1v) is 20.7. The first kappa shape index (κ1) is 28.3. The fraction of sp³-hybridized carbons (Fsp3) is 0.0270. The molecule has 4 heteroatoms. The molecule has 0 radical (unpaired) electrons. The number of hydrogen-bond acceptors (Lipinski definition) is 0. The van der Waals surface area contributed by atoms with Gasteiger partial charge in [0.05, 0.1) is 0 Å². The fourth-order valence-electron chi connectivity index (χ4n) is 5.34. The van der Waals surface area contributed by atoms with E-state index in [2.05, 4.69) is 197 Å². The second-order valence-corrected chi connectivity index (χ2v) is 22.0. The summed E-state index contributed by atoms with van der Waals surface area (Å²) in [5, 5.41) is 8.82. The van der Waals surface area contributed by atoms with Crippen LogP contribution in [-0.4, -0.2) is 20.2 Å². The molecule has 0 aliphatic heterocycles. The summed E-state index contributed by atoms with van der Waals surface area (Å²) in [5.74, 6) is 0. The van der Waals surface area contributed by atoms with Crippen LogP contribution in [0.15, 0.2) is 182 Å². The van der Waals surface area contributed by atoms with E-state index < -0.39 is 21.4 Å². The van der Waals surface area contributed by atoms with Gasteiger partial charge in [-0.25, -0.2) is 0 Å². The number of hydrogen-bond donors (Lipinski definition) is 0. The van der Waals surface area contributed by atoms with Crippen molar-refractivity contribution < 1.29 is 0 Å². The topological polar surface area (TPSA) is 0 Å². The molecule has 0 N–H and O–H groups in total. The second kappa shape index (κ2) is 13.4. The van der Waals surface area contributed by atoms with Gasteiger partial charge in [-0.2, -0.15) is 0 Å². The zero-order chi connectivity index (χ0) is 27.9. The SMILES string of the molecule is [Se]=P(c1ccccc1)(c1ccccc1)C(P(c1ccccc1)c1ccccc1)P(c1ccccc1)c1ccccc1. The third kappa shape index (κ3) is 6.04. The van der Waals surface area contributed by atoms with Gasteiger partial charge in [-0.05, 0) is 0 Å². The molecule has 41 heavy (non-hydrogen) atoms. The van der Waals surface area contributed by atoms with Gasteiger partial charge in [0, 0.05) is 0 Å². The molecule has 6 rings (SSSR count). The van der Waals surface area contributed by atoms with Crippen molar-refractivity contribution in [2.24, 2.45) is 0 Å². The average Bonchev–Trinajstić information content (AvgIpc) is 3.07. The van der Waals surface area contributed by atoms with Gasteiger partial charge in [0.25, 0.3) is 0 Å². The quantitative estimate of drug-likeness (QED) is 0.114. The Balaban J connectivity index is 1.75. The molecule has 0 unspecified atom stereocenters. The summed E-state index contributed by atoms with van der Waals surface area (Å²) in [6.45, 7) is 0. The molecule has 0 aliphatic carbocycles. The van der Waals surface area contributed by atoms with Gasteiger partial charge in [0.1, 0.15) is 0 Å². The molecule has 0 saturated heterocycles. The van der Waals surface area contributed by atoms with Crippen molar-refractivity contribution in [3.05, 3.63) is 182 Å². The molecule has 200 valence electrons. The molecule has 0 spiro atoms. The monoisotopic (exact) mass is 648 g/mol. The summed E-state index contributed by atoms with van der Waals surface area (Å²) >= 11 is 4.01. The maximum absolute atomic E-state index is 4.01. The summed E-state index contributed by atoms with van der Waals surface area (Å²) < 4.78 is 0. The predicted octanol–water partition coefficient (Wildman–Crippen LogP) is 7.29. The Labute approximate surface area is 254 Å². The average molecular weight is 648 g/mol. The Morgan fingerprint density at radius 2 is 0.561 bits per heavy atom. The minimum absolute atomic E-state index is 0.312. The van der Waals surface area contributed by atoms with E-state index in [0.29, 0.717) is 5.14 Å². The van der Waals surface area contributed by atoms with Crippen molar-refractivity contribution in [1.82, 2.24) is 0 Å². The van der Waals surface area contributed by atoms with Crippen LogP contribution in [0.2, 0.25) is 0 Å². The summed E-state index contributed by atoms with van der Waals surface area (Å²) in [6.07, 6.45) is 0. The Kier molecular flexibility index (Phi) is 9.24. The molecular weight excluding hydrogens is 616 g/mol. The summed E-state index contributed by atoms with van der Waals surface area (Å²) in [7, 11) is -1.58. The fourth-order valence-corrected chi connectivity index (χ4v) is 24.5. The van der Waals surface area contributed by atoms with E-state index in [1.54, 1.807) is 0 Å². The van der Waals surface area contributed by atoms with Crippen molar-refractivity contribution in [3.63, 3.8) is 0 Å². The van der Waals surface area contributed by atoms with Gasteiger partial charge in [-0.1, -0.05) is 0 Å². The molecule has 0 atom stereocenters. The van der Waals surface area contributed by atoms with E-state index in [9.17, 15) is 0 Å². The Morgan fingerprint density at radius 1 is 0.341 bits per heavy atom. The van der Waals surface area contributed by atoms with E-state index >= 15 is 0 Å². The third-order valence-corrected chi connectivity index (χ3v) is 25.3. The van der Waals surface area contributed by atoms with E-state index in [1.807, 2.05) is 0 Å². The van der Waals surface area contributed by atoms with Crippen LogP contribution in [0.1, 0.15) is 0 Å². The first-order chi connectivity index (χ1) is 20.3. The second-order valence-electron chi connectivity index (χ2n) is 9.76. The zero-order valence-corrected chi connectivity index (χ0v) is 27.0. The molecule has 0 bridgehead atoms. The van der Waals surface area contributed by atoms with Crippen LogP contribution in [0.25, 0.3) is 0 Å². The molecule has 0 fully saturated rings. The van der Waals surface area contributed by atoms with Crippen LogP contribution in [0.5, 0.6) is 0 Å². The van der Waals surface area contributed by atoms with Gasteiger partial charge >= 0.3 is 255 Å². The Bertz CT molecular complexity index is 1490. The molecule has 0 nitrogen and oxygen atoms in total. The van der Waals surface area contributed by atoms with Gasteiger partial charge in [-0.15, -0.1) is 0 Å². The predicted molar refractivity (Wildman–Crippen MR) is 187 cm³/mol. The molecule has 0 aromatic heterocycles. The normalized spacial score (nSPS) is 11.7. The van der Waals surface area contributed by atoms with Crippen LogP contribution in [0.4, 0.5) is 0 Å². The number of benzene rings is 6. The Morgan fingerprint density at radius 3 is 0.805 bits per heavy atom. The van der Waals surface area contributed by atoms with Crippen molar-refractivity contribution in [2.75, 3.05) is 0 Å². The van der Waals surface area contributed by atoms with Gasteiger partial charge in [0.2, 0.25) is 0 Å². The molecule has 0 saturated carbocycles. The standard InChI is InChI=1S/C37H31P3Se/c41-40(35-27-15-5-16-28-35,36-29-17-6-18-30-36)37(38(31-19-7-1-8-20-31)32-21-9-2-10-22-32)39(33-23-11-3-12-24-33)34-25-13-4-14-26-34/h1-30,37H. The van der Waals surface area contributed by atoms with Gasteiger partial charge in [-0.3, -0.25) is 0 Å². The number of rotatable bonds is 9. The molecule has 0 aliphatic rings. The summed E-state index contributed by atoms with van der Waals surface area (Å²) in [4.78, 5) is 0. The Hall–Kier alpha value is -2.87. The van der Waals surface area contributed by atoms with Crippen LogP contribution in [0, 0.1) is 0 Å². The van der Waals surface area contributed by atoms with Crippen LogP contribution in [0.3, 0.4) is 0 Å². The molecule has 0 heterocycles. The van der Waals surface area contributed by atoms with Gasteiger partial charge in [0.15, 0.2) is 0 Å². The van der Waals surface area contributed by atoms with E-state index in [4.69, 9.17) is 0 Å². The van der Waals surface area contributed by atoms with Gasteiger partial charge < -0.3 is 0 Å². The zero-order valence-electron chi connectivity index (χ0n) is 22.6. The summed E-state index contributed by atoms with van der Waals surface area (Å²) in [5.41, 5.74) is -2.13. The van der Waals surface area contributed by atoms with E-state index in [1.165, 1.54) is 31.8 Å². The molecular formula is C37H31P3Se. The van der Waals surface area contributed by atoms with Crippen molar-refractivity contribution in [2.45, 2.75) is 5.14 Å². The minimum atomic E-state index is -2.13. The molecule has 6 aromatic carbocycles. The maximum atomic E-state index is 4.01. The molecule has 6 aromatic rings. The van der Waals surface area contributed by atoms with Crippen LogP contribution in [-0.2, 0) is 0 Å².